The van der Waals surface area contributed by atoms with Crippen LogP contribution in [-0.2, 0) is 11.2 Å². The fourth-order valence-corrected chi connectivity index (χ4v) is 3.43. The van der Waals surface area contributed by atoms with Crippen LogP contribution < -0.4 is 5.32 Å². The van der Waals surface area contributed by atoms with Gasteiger partial charge in [-0.1, -0.05) is 35.9 Å². The third-order valence-electron chi connectivity index (χ3n) is 4.75. The van der Waals surface area contributed by atoms with Gasteiger partial charge in [0, 0.05) is 35.5 Å². The van der Waals surface area contributed by atoms with Gasteiger partial charge in [-0.15, -0.1) is 0 Å². The molecule has 1 unspecified atom stereocenters. The molecular weight excluding hydrogens is 429 g/mol. The van der Waals surface area contributed by atoms with Crippen LogP contribution in [0.4, 0.5) is 4.39 Å². The smallest absolute Gasteiger partial charge is 0.244 e. The molecule has 32 heavy (non-hydrogen) atoms. The maximum Gasteiger partial charge on any atom is 0.244 e. The molecule has 8 heteroatoms. The Bertz CT molecular complexity index is 1240. The summed E-state index contributed by atoms with van der Waals surface area (Å²) in [7, 11) is 0. The zero-order valence-electron chi connectivity index (χ0n) is 16.9. The number of carbonyl (C=O) groups is 1. The van der Waals surface area contributed by atoms with Crippen molar-refractivity contribution >= 4 is 23.6 Å². The monoisotopic (exact) mass is 447 g/mol. The van der Waals surface area contributed by atoms with Crippen molar-refractivity contribution in [3.8, 4) is 11.3 Å². The van der Waals surface area contributed by atoms with E-state index in [1.807, 2.05) is 24.3 Å². The molecule has 4 aromatic rings. The zero-order valence-corrected chi connectivity index (χ0v) is 17.6. The van der Waals surface area contributed by atoms with Crippen LogP contribution in [0.15, 0.2) is 79.1 Å². The molecule has 0 bridgehead atoms. The molecule has 1 amide bonds. The number of H-pyrrole nitrogens is 1. The van der Waals surface area contributed by atoms with Gasteiger partial charge < -0.3 is 5.32 Å². The van der Waals surface area contributed by atoms with Crippen LogP contribution in [0.1, 0.15) is 23.0 Å². The SMILES string of the molecule is O=C(/C=C/c1cn[nH]c1-c1cccc(F)c1)NC(Cc1ccccn1)c1cccc(Cl)n1. The fraction of sp³-hybridized carbons (Fsp3) is 0.0833. The normalized spacial score (nSPS) is 12.1. The van der Waals surface area contributed by atoms with Crippen LogP contribution >= 0.6 is 11.6 Å². The van der Waals surface area contributed by atoms with Crippen molar-refractivity contribution < 1.29 is 9.18 Å². The number of aromatic nitrogens is 4. The second kappa shape index (κ2) is 9.98. The van der Waals surface area contributed by atoms with Gasteiger partial charge in [0.2, 0.25) is 5.91 Å². The van der Waals surface area contributed by atoms with Crippen molar-refractivity contribution in [2.45, 2.75) is 12.5 Å². The van der Waals surface area contributed by atoms with Gasteiger partial charge >= 0.3 is 0 Å². The molecule has 0 spiro atoms. The topological polar surface area (TPSA) is 83.6 Å². The second-order valence-electron chi connectivity index (χ2n) is 7.02. The molecule has 1 atom stereocenters. The first-order valence-corrected chi connectivity index (χ1v) is 10.3. The largest absolute Gasteiger partial charge is 0.344 e. The number of halogens is 2. The van der Waals surface area contributed by atoms with E-state index >= 15 is 0 Å². The van der Waals surface area contributed by atoms with Crippen molar-refractivity contribution in [2.24, 2.45) is 0 Å². The lowest BCUT2D eigenvalue weighted by molar-refractivity contribution is -0.117. The fourth-order valence-electron chi connectivity index (χ4n) is 3.26. The molecule has 0 aliphatic rings. The van der Waals surface area contributed by atoms with Crippen LogP contribution in [0, 0.1) is 5.82 Å². The number of hydrogen-bond donors (Lipinski definition) is 2. The van der Waals surface area contributed by atoms with Gasteiger partial charge in [0.15, 0.2) is 0 Å². The Morgan fingerprint density at radius 1 is 1.16 bits per heavy atom. The van der Waals surface area contributed by atoms with Crippen LogP contribution in [0.2, 0.25) is 5.15 Å². The number of nitrogens with zero attached hydrogens (tertiary/aromatic N) is 3. The third kappa shape index (κ3) is 5.44. The molecule has 0 radical (unpaired) electrons. The Balaban J connectivity index is 1.53. The average molecular weight is 448 g/mol. The minimum atomic E-state index is -0.423. The van der Waals surface area contributed by atoms with Gasteiger partial charge in [0.05, 0.1) is 23.6 Å². The molecular formula is C24H19ClFN5O. The summed E-state index contributed by atoms with van der Waals surface area (Å²) in [6.45, 7) is 0. The van der Waals surface area contributed by atoms with Gasteiger partial charge in [0.25, 0.3) is 0 Å². The van der Waals surface area contributed by atoms with E-state index in [0.717, 1.165) is 5.69 Å². The summed E-state index contributed by atoms with van der Waals surface area (Å²) in [4.78, 5) is 21.4. The lowest BCUT2D eigenvalue weighted by atomic mass is 10.1. The van der Waals surface area contributed by atoms with Crippen LogP contribution in [-0.4, -0.2) is 26.1 Å². The maximum absolute atomic E-state index is 13.6. The quantitative estimate of drug-likeness (QED) is 0.315. The van der Waals surface area contributed by atoms with Gasteiger partial charge in [-0.05, 0) is 42.5 Å². The van der Waals surface area contributed by atoms with Gasteiger partial charge in [-0.2, -0.15) is 5.10 Å². The van der Waals surface area contributed by atoms with E-state index < -0.39 is 6.04 Å². The molecule has 1 aromatic carbocycles. The average Bonchev–Trinajstić information content (AvgIpc) is 3.27. The Morgan fingerprint density at radius 3 is 2.81 bits per heavy atom. The highest BCUT2D eigenvalue weighted by molar-refractivity contribution is 6.29. The van der Waals surface area contributed by atoms with E-state index in [4.69, 9.17) is 11.6 Å². The molecule has 6 nitrogen and oxygen atoms in total. The number of carbonyl (C=O) groups excluding carboxylic acids is 1. The Labute approximate surface area is 189 Å². The molecule has 0 aliphatic heterocycles. The summed E-state index contributed by atoms with van der Waals surface area (Å²) in [6.07, 6.45) is 6.76. The summed E-state index contributed by atoms with van der Waals surface area (Å²) in [6, 6.07) is 16.6. The minimum absolute atomic E-state index is 0.320. The molecule has 160 valence electrons. The zero-order chi connectivity index (χ0) is 22.3. The molecule has 0 aliphatic carbocycles. The summed E-state index contributed by atoms with van der Waals surface area (Å²) >= 11 is 6.05. The summed E-state index contributed by atoms with van der Waals surface area (Å²) in [5, 5.41) is 10.2. The first-order valence-electron chi connectivity index (χ1n) is 9.89. The Hall–Kier alpha value is -3.84. The lowest BCUT2D eigenvalue weighted by Crippen LogP contribution is -2.29. The number of amides is 1. The van der Waals surface area contributed by atoms with Crippen LogP contribution in [0.25, 0.3) is 17.3 Å². The molecule has 0 saturated carbocycles. The highest BCUT2D eigenvalue weighted by Crippen LogP contribution is 2.23. The Morgan fingerprint density at radius 2 is 2.03 bits per heavy atom. The number of pyridine rings is 2. The molecule has 3 heterocycles. The van der Waals surface area contributed by atoms with E-state index in [2.05, 4.69) is 25.5 Å². The van der Waals surface area contributed by atoms with Crippen molar-refractivity contribution in [3.63, 3.8) is 0 Å². The Kier molecular flexibility index (Phi) is 6.67. The van der Waals surface area contributed by atoms with Crippen LogP contribution in [0.5, 0.6) is 0 Å². The van der Waals surface area contributed by atoms with Crippen molar-refractivity contribution in [3.05, 3.63) is 107 Å². The minimum Gasteiger partial charge on any atom is -0.344 e. The van der Waals surface area contributed by atoms with Gasteiger partial charge in [-0.3, -0.25) is 14.9 Å². The number of benzene rings is 1. The standard InChI is InChI=1S/C24H19ClFN5O/c25-22-9-4-8-20(29-22)21(14-19-7-1-2-12-27-19)30-23(32)11-10-17-15-28-31-24(17)16-5-3-6-18(26)13-16/h1-13,15,21H,14H2,(H,28,31)(H,30,32)/b11-10+. The van der Waals surface area contributed by atoms with Gasteiger partial charge in [-0.25, -0.2) is 9.37 Å². The molecule has 4 rings (SSSR count). The maximum atomic E-state index is 13.6. The van der Waals surface area contributed by atoms with E-state index in [1.165, 1.54) is 18.2 Å². The van der Waals surface area contributed by atoms with Gasteiger partial charge in [0.1, 0.15) is 11.0 Å². The second-order valence-corrected chi connectivity index (χ2v) is 7.40. The predicted octanol–water partition coefficient (Wildman–Crippen LogP) is 4.77. The van der Waals surface area contributed by atoms with Crippen molar-refractivity contribution in [2.75, 3.05) is 0 Å². The number of hydrogen-bond acceptors (Lipinski definition) is 4. The first-order chi connectivity index (χ1) is 15.6. The molecule has 3 aromatic heterocycles. The van der Waals surface area contributed by atoms with E-state index in [9.17, 15) is 9.18 Å². The highest BCUT2D eigenvalue weighted by atomic mass is 35.5. The first kappa shape index (κ1) is 21.4. The molecule has 0 fully saturated rings. The van der Waals surface area contributed by atoms with Crippen molar-refractivity contribution in [1.82, 2.24) is 25.5 Å². The van der Waals surface area contributed by atoms with E-state index in [0.29, 0.717) is 34.1 Å². The lowest BCUT2D eigenvalue weighted by Gasteiger charge is -2.17. The molecule has 0 saturated heterocycles. The van der Waals surface area contributed by atoms with E-state index in [-0.39, 0.29) is 11.7 Å². The number of rotatable bonds is 7. The molecule has 2 N–H and O–H groups in total. The third-order valence-corrected chi connectivity index (χ3v) is 4.96. The summed E-state index contributed by atoms with van der Waals surface area (Å²) in [5.74, 6) is -0.671. The number of nitrogens with one attached hydrogen (secondary N) is 2. The summed E-state index contributed by atoms with van der Waals surface area (Å²) < 4.78 is 13.6. The summed E-state index contributed by atoms with van der Waals surface area (Å²) in [5.41, 5.74) is 3.36. The van der Waals surface area contributed by atoms with Crippen LogP contribution in [0.3, 0.4) is 0 Å². The predicted molar refractivity (Wildman–Crippen MR) is 121 cm³/mol. The van der Waals surface area contributed by atoms with Crippen molar-refractivity contribution in [1.29, 1.82) is 0 Å². The number of aromatic amines is 1. The van der Waals surface area contributed by atoms with E-state index in [1.54, 1.807) is 42.7 Å². The highest BCUT2D eigenvalue weighted by Gasteiger charge is 2.17.